The molecule has 0 saturated carbocycles. The first-order valence-corrected chi connectivity index (χ1v) is 10.1. The van der Waals surface area contributed by atoms with Gasteiger partial charge in [-0.15, -0.1) is 0 Å². The smallest absolute Gasteiger partial charge is 0.226 e. The van der Waals surface area contributed by atoms with Crippen LogP contribution in [-0.4, -0.2) is 41.9 Å². The molecule has 0 amide bonds. The van der Waals surface area contributed by atoms with Crippen LogP contribution in [0.1, 0.15) is 18.2 Å². The molecule has 1 atom stereocenters. The first kappa shape index (κ1) is 22.3. The van der Waals surface area contributed by atoms with E-state index in [1.807, 2.05) is 38.1 Å². The number of oxazole rings is 1. The van der Waals surface area contributed by atoms with Gasteiger partial charge >= 0.3 is 0 Å². The van der Waals surface area contributed by atoms with Crippen molar-refractivity contribution in [2.24, 2.45) is 4.99 Å². The van der Waals surface area contributed by atoms with Gasteiger partial charge in [-0.05, 0) is 50.2 Å². The minimum atomic E-state index is -0.769. The number of hydrogen-bond donors (Lipinski definition) is 3. The van der Waals surface area contributed by atoms with Crippen LogP contribution in [0.5, 0.6) is 5.75 Å². The molecule has 0 radical (unpaired) electrons. The average Bonchev–Trinajstić information content (AvgIpc) is 3.25. The Kier molecular flexibility index (Phi) is 8.00. The van der Waals surface area contributed by atoms with E-state index in [1.165, 1.54) is 29.8 Å². The summed E-state index contributed by atoms with van der Waals surface area (Å²) in [7, 11) is 0. The quantitative estimate of drug-likeness (QED) is 0.359. The second-order valence-electron chi connectivity index (χ2n) is 7.00. The average molecular weight is 426 g/mol. The number of nitrogens with zero attached hydrogens (tertiary/aromatic N) is 2. The summed E-state index contributed by atoms with van der Waals surface area (Å²) in [5, 5.41) is 16.3. The number of halogens is 1. The Morgan fingerprint density at radius 3 is 2.61 bits per heavy atom. The molecule has 0 fully saturated rings. The molecule has 0 spiro atoms. The van der Waals surface area contributed by atoms with Gasteiger partial charge in [0.1, 0.15) is 36.2 Å². The van der Waals surface area contributed by atoms with Crippen molar-refractivity contribution in [1.82, 2.24) is 15.6 Å². The van der Waals surface area contributed by atoms with Crippen LogP contribution in [0.3, 0.4) is 0 Å². The van der Waals surface area contributed by atoms with Gasteiger partial charge in [0.25, 0.3) is 0 Å². The Morgan fingerprint density at radius 1 is 1.16 bits per heavy atom. The largest absolute Gasteiger partial charge is 0.491 e. The van der Waals surface area contributed by atoms with Gasteiger partial charge in [-0.2, -0.15) is 0 Å². The number of nitrogens with one attached hydrogen (secondary N) is 2. The summed E-state index contributed by atoms with van der Waals surface area (Å²) in [6, 6.07) is 13.6. The minimum Gasteiger partial charge on any atom is -0.491 e. The van der Waals surface area contributed by atoms with E-state index in [0.717, 1.165) is 5.56 Å². The van der Waals surface area contributed by atoms with Crippen LogP contribution in [0.25, 0.3) is 11.5 Å². The number of benzene rings is 2. The highest BCUT2D eigenvalue weighted by Gasteiger charge is 2.09. The Labute approximate surface area is 181 Å². The lowest BCUT2D eigenvalue weighted by molar-refractivity contribution is 0.110. The van der Waals surface area contributed by atoms with Crippen molar-refractivity contribution < 1.29 is 18.7 Å². The van der Waals surface area contributed by atoms with E-state index in [0.29, 0.717) is 36.4 Å². The molecular formula is C23H27FN4O3. The van der Waals surface area contributed by atoms with Crippen LogP contribution in [-0.2, 0) is 6.54 Å². The van der Waals surface area contributed by atoms with Crippen molar-refractivity contribution in [2.75, 3.05) is 19.7 Å². The van der Waals surface area contributed by atoms with Gasteiger partial charge in [0, 0.05) is 18.7 Å². The van der Waals surface area contributed by atoms with E-state index in [-0.39, 0.29) is 19.0 Å². The van der Waals surface area contributed by atoms with E-state index in [1.54, 1.807) is 6.26 Å². The maximum atomic E-state index is 12.9. The number of aliphatic hydroxyl groups is 1. The maximum absolute atomic E-state index is 12.9. The summed E-state index contributed by atoms with van der Waals surface area (Å²) < 4.78 is 23.9. The van der Waals surface area contributed by atoms with Crippen molar-refractivity contribution in [1.29, 1.82) is 0 Å². The molecular weight excluding hydrogens is 399 g/mol. The van der Waals surface area contributed by atoms with Gasteiger partial charge in [-0.25, -0.2) is 14.4 Å². The van der Waals surface area contributed by atoms with E-state index >= 15 is 0 Å². The summed E-state index contributed by atoms with van der Waals surface area (Å²) in [6.45, 7) is 5.29. The van der Waals surface area contributed by atoms with E-state index in [9.17, 15) is 9.50 Å². The monoisotopic (exact) mass is 426 g/mol. The fourth-order valence-corrected chi connectivity index (χ4v) is 2.71. The third-order valence-electron chi connectivity index (χ3n) is 4.35. The van der Waals surface area contributed by atoms with E-state index < -0.39 is 6.10 Å². The molecule has 0 saturated heterocycles. The Bertz CT molecular complexity index is 971. The van der Waals surface area contributed by atoms with Crippen LogP contribution in [0.2, 0.25) is 0 Å². The molecule has 3 N–H and O–H groups in total. The lowest BCUT2D eigenvalue weighted by Gasteiger charge is -2.15. The third kappa shape index (κ3) is 7.11. The SMILES string of the molecule is CCNC(=NCc1coc(-c2ccc(C)cc2)n1)NCC(O)COc1ccc(F)cc1. The minimum absolute atomic E-state index is 0.0707. The standard InChI is InChI=1S/C23H27FN4O3/c1-3-25-23(27-13-20(29)15-30-21-10-8-18(24)9-11-21)26-12-19-14-31-22(28-19)17-6-4-16(2)5-7-17/h4-11,14,20,29H,3,12-13,15H2,1-2H3,(H2,25,26,27). The zero-order valence-corrected chi connectivity index (χ0v) is 17.6. The lowest BCUT2D eigenvalue weighted by Crippen LogP contribution is -2.42. The molecule has 1 unspecified atom stereocenters. The number of aryl methyl sites for hydroxylation is 1. The first-order valence-electron chi connectivity index (χ1n) is 10.1. The number of guanidine groups is 1. The van der Waals surface area contributed by atoms with E-state index in [4.69, 9.17) is 9.15 Å². The number of aliphatic imine (C=N–C) groups is 1. The fourth-order valence-electron chi connectivity index (χ4n) is 2.71. The van der Waals surface area contributed by atoms with Gasteiger partial charge in [0.15, 0.2) is 5.96 Å². The van der Waals surface area contributed by atoms with E-state index in [2.05, 4.69) is 20.6 Å². The lowest BCUT2D eigenvalue weighted by atomic mass is 10.1. The number of aromatic nitrogens is 1. The fraction of sp³-hybridized carbons (Fsp3) is 0.304. The second kappa shape index (κ2) is 11.1. The number of ether oxygens (including phenoxy) is 1. The predicted molar refractivity (Wildman–Crippen MR) is 117 cm³/mol. The highest BCUT2D eigenvalue weighted by Crippen LogP contribution is 2.19. The van der Waals surface area contributed by atoms with Crippen molar-refractivity contribution in [3.05, 3.63) is 71.9 Å². The normalized spacial score (nSPS) is 12.5. The summed E-state index contributed by atoms with van der Waals surface area (Å²) >= 11 is 0. The highest BCUT2D eigenvalue weighted by molar-refractivity contribution is 5.79. The number of aliphatic hydroxyl groups excluding tert-OH is 1. The molecule has 0 aliphatic rings. The first-order chi connectivity index (χ1) is 15.0. The zero-order chi connectivity index (χ0) is 22.1. The van der Waals surface area contributed by atoms with Crippen molar-refractivity contribution in [3.63, 3.8) is 0 Å². The van der Waals surface area contributed by atoms with Crippen LogP contribution >= 0.6 is 0 Å². The molecule has 1 heterocycles. The summed E-state index contributed by atoms with van der Waals surface area (Å²) in [4.78, 5) is 8.96. The van der Waals surface area contributed by atoms with Gasteiger partial charge in [-0.1, -0.05) is 17.7 Å². The van der Waals surface area contributed by atoms with Gasteiger partial charge in [-0.3, -0.25) is 0 Å². The van der Waals surface area contributed by atoms with Crippen LogP contribution in [0.4, 0.5) is 4.39 Å². The van der Waals surface area contributed by atoms with Gasteiger partial charge < -0.3 is 24.9 Å². The third-order valence-corrected chi connectivity index (χ3v) is 4.35. The molecule has 7 nitrogen and oxygen atoms in total. The molecule has 31 heavy (non-hydrogen) atoms. The number of hydrogen-bond acceptors (Lipinski definition) is 5. The molecule has 3 rings (SSSR count). The Balaban J connectivity index is 1.50. The van der Waals surface area contributed by atoms with Crippen molar-refractivity contribution in [2.45, 2.75) is 26.5 Å². The van der Waals surface area contributed by atoms with Crippen molar-refractivity contribution >= 4 is 5.96 Å². The zero-order valence-electron chi connectivity index (χ0n) is 17.6. The van der Waals surface area contributed by atoms with Crippen LogP contribution in [0, 0.1) is 12.7 Å². The summed E-state index contributed by atoms with van der Waals surface area (Å²) in [5.74, 6) is 1.26. The molecule has 0 bridgehead atoms. The molecule has 1 aromatic heterocycles. The molecule has 8 heteroatoms. The molecule has 164 valence electrons. The number of rotatable bonds is 9. The van der Waals surface area contributed by atoms with Gasteiger partial charge in [0.2, 0.25) is 5.89 Å². The molecule has 0 aliphatic heterocycles. The van der Waals surface area contributed by atoms with Crippen LogP contribution in [0.15, 0.2) is 64.2 Å². The van der Waals surface area contributed by atoms with Crippen LogP contribution < -0.4 is 15.4 Å². The topological polar surface area (TPSA) is 91.9 Å². The molecule has 2 aromatic carbocycles. The molecule has 3 aromatic rings. The maximum Gasteiger partial charge on any atom is 0.226 e. The Morgan fingerprint density at radius 2 is 1.90 bits per heavy atom. The second-order valence-corrected chi connectivity index (χ2v) is 7.00. The summed E-state index contributed by atoms with van der Waals surface area (Å²) in [6.07, 6.45) is 0.822. The van der Waals surface area contributed by atoms with Crippen molar-refractivity contribution in [3.8, 4) is 17.2 Å². The predicted octanol–water partition coefficient (Wildman–Crippen LogP) is 3.28. The Hall–Kier alpha value is -3.39. The summed E-state index contributed by atoms with van der Waals surface area (Å²) in [5.41, 5.74) is 2.79. The molecule has 0 aliphatic carbocycles. The highest BCUT2D eigenvalue weighted by atomic mass is 19.1. The van der Waals surface area contributed by atoms with Gasteiger partial charge in [0.05, 0.1) is 6.54 Å².